The maximum atomic E-state index is 11.4. The molecule has 0 fully saturated rings. The van der Waals surface area contributed by atoms with E-state index in [2.05, 4.69) is 0 Å². The lowest BCUT2D eigenvalue weighted by Gasteiger charge is -2.00. The summed E-state index contributed by atoms with van der Waals surface area (Å²) in [6.07, 6.45) is 0. The number of halogens is 1. The predicted molar refractivity (Wildman–Crippen MR) is 56.4 cm³/mol. The molecular weight excluding hydrogens is 224 g/mol. The first-order chi connectivity index (χ1) is 6.74. The molecule has 0 aliphatic heterocycles. The van der Waals surface area contributed by atoms with Crippen LogP contribution in [0.3, 0.4) is 0 Å². The van der Waals surface area contributed by atoms with Crippen molar-refractivity contribution in [2.45, 2.75) is 0 Å². The van der Waals surface area contributed by atoms with Crippen LogP contribution in [0.4, 0.5) is 0 Å². The van der Waals surface area contributed by atoms with Crippen LogP contribution in [0, 0.1) is 0 Å². The highest BCUT2D eigenvalue weighted by Gasteiger charge is 2.08. The zero-order chi connectivity index (χ0) is 10.4. The number of thiophene rings is 1. The second-order valence-corrected chi connectivity index (χ2v) is 4.29. The van der Waals surface area contributed by atoms with Crippen LogP contribution in [0.5, 0.6) is 0 Å². The van der Waals surface area contributed by atoms with E-state index in [1.807, 2.05) is 0 Å². The summed E-state index contributed by atoms with van der Waals surface area (Å²) >= 11 is 6.96. The third kappa shape index (κ3) is 3.75. The first-order valence-electron chi connectivity index (χ1n) is 4.09. The Labute approximate surface area is 91.6 Å². The summed E-state index contributed by atoms with van der Waals surface area (Å²) in [5.41, 5.74) is 0. The molecule has 1 aromatic heterocycles. The number of ether oxygens (including phenoxy) is 2. The number of rotatable bonds is 6. The van der Waals surface area contributed by atoms with Crippen molar-refractivity contribution in [3.63, 3.8) is 0 Å². The number of ketones is 1. The van der Waals surface area contributed by atoms with E-state index < -0.39 is 0 Å². The normalized spacial score (nSPS) is 10.4. The Morgan fingerprint density at radius 1 is 1.50 bits per heavy atom. The molecule has 0 spiro atoms. The Morgan fingerprint density at radius 2 is 2.29 bits per heavy atom. The van der Waals surface area contributed by atoms with Gasteiger partial charge in [-0.1, -0.05) is 11.6 Å². The fourth-order valence-electron chi connectivity index (χ4n) is 0.842. The largest absolute Gasteiger partial charge is 0.382 e. The molecule has 0 saturated heterocycles. The molecule has 0 saturated carbocycles. The summed E-state index contributed by atoms with van der Waals surface area (Å²) in [7, 11) is 1.59. The quantitative estimate of drug-likeness (QED) is 0.560. The van der Waals surface area contributed by atoms with E-state index in [1.165, 1.54) is 11.3 Å². The third-order valence-corrected chi connectivity index (χ3v) is 2.79. The second-order valence-electron chi connectivity index (χ2n) is 2.57. The van der Waals surface area contributed by atoms with Crippen LogP contribution in [0.2, 0.25) is 4.34 Å². The highest BCUT2D eigenvalue weighted by atomic mass is 35.5. The van der Waals surface area contributed by atoms with Crippen LogP contribution in [0.15, 0.2) is 12.1 Å². The van der Waals surface area contributed by atoms with E-state index in [-0.39, 0.29) is 12.4 Å². The Bertz CT molecular complexity index is 298. The average Bonchev–Trinajstić information content (AvgIpc) is 2.59. The zero-order valence-corrected chi connectivity index (χ0v) is 9.36. The summed E-state index contributed by atoms with van der Waals surface area (Å²) in [5.74, 6) is -0.0435. The van der Waals surface area contributed by atoms with Gasteiger partial charge < -0.3 is 9.47 Å². The average molecular weight is 235 g/mol. The van der Waals surface area contributed by atoms with Crippen molar-refractivity contribution in [3.8, 4) is 0 Å². The van der Waals surface area contributed by atoms with Crippen molar-refractivity contribution in [1.29, 1.82) is 0 Å². The third-order valence-electron chi connectivity index (χ3n) is 1.51. The molecule has 78 valence electrons. The summed E-state index contributed by atoms with van der Waals surface area (Å²) in [4.78, 5) is 12.0. The summed E-state index contributed by atoms with van der Waals surface area (Å²) in [5, 5.41) is 0. The summed E-state index contributed by atoms with van der Waals surface area (Å²) < 4.78 is 10.5. The molecule has 0 aliphatic carbocycles. The van der Waals surface area contributed by atoms with Gasteiger partial charge in [0.1, 0.15) is 6.61 Å². The van der Waals surface area contributed by atoms with Crippen molar-refractivity contribution in [2.75, 3.05) is 26.9 Å². The number of carbonyl (C=O) groups is 1. The lowest BCUT2D eigenvalue weighted by molar-refractivity contribution is 0.0579. The molecule has 5 heteroatoms. The van der Waals surface area contributed by atoms with E-state index in [4.69, 9.17) is 21.1 Å². The Hall–Kier alpha value is -0.420. The van der Waals surface area contributed by atoms with Gasteiger partial charge in [-0.25, -0.2) is 0 Å². The van der Waals surface area contributed by atoms with Crippen molar-refractivity contribution < 1.29 is 14.3 Å². The standard InChI is InChI=1S/C9H11ClO3S/c1-12-4-5-13-6-7(11)8-2-3-9(10)14-8/h2-3H,4-6H2,1H3. The highest BCUT2D eigenvalue weighted by molar-refractivity contribution is 7.18. The lowest BCUT2D eigenvalue weighted by Crippen LogP contribution is -2.10. The molecule has 0 aliphatic rings. The van der Waals surface area contributed by atoms with E-state index >= 15 is 0 Å². The topological polar surface area (TPSA) is 35.5 Å². The molecule has 0 bridgehead atoms. The van der Waals surface area contributed by atoms with Gasteiger partial charge in [-0.15, -0.1) is 11.3 Å². The molecular formula is C9H11ClO3S. The molecule has 0 amide bonds. The molecule has 0 N–H and O–H groups in total. The fraction of sp³-hybridized carbons (Fsp3) is 0.444. The minimum absolute atomic E-state index is 0.0435. The molecule has 1 rings (SSSR count). The minimum atomic E-state index is -0.0435. The van der Waals surface area contributed by atoms with Gasteiger partial charge in [0.2, 0.25) is 0 Å². The van der Waals surface area contributed by atoms with Gasteiger partial charge in [0.05, 0.1) is 22.4 Å². The van der Waals surface area contributed by atoms with Crippen LogP contribution < -0.4 is 0 Å². The highest BCUT2D eigenvalue weighted by Crippen LogP contribution is 2.21. The SMILES string of the molecule is COCCOCC(=O)c1ccc(Cl)s1. The number of methoxy groups -OCH3 is 1. The molecule has 14 heavy (non-hydrogen) atoms. The van der Waals surface area contributed by atoms with Crippen LogP contribution >= 0.6 is 22.9 Å². The van der Waals surface area contributed by atoms with Crippen LogP contribution in [0.25, 0.3) is 0 Å². The summed E-state index contributed by atoms with van der Waals surface area (Å²) in [6.45, 7) is 1.01. The Balaban J connectivity index is 2.29. The first-order valence-corrected chi connectivity index (χ1v) is 5.28. The second kappa shape index (κ2) is 6.14. The maximum Gasteiger partial charge on any atom is 0.198 e. The van der Waals surface area contributed by atoms with Gasteiger partial charge in [-0.05, 0) is 12.1 Å². The van der Waals surface area contributed by atoms with Crippen LogP contribution in [-0.4, -0.2) is 32.7 Å². The van der Waals surface area contributed by atoms with Gasteiger partial charge >= 0.3 is 0 Å². The van der Waals surface area contributed by atoms with Crippen molar-refractivity contribution in [1.82, 2.24) is 0 Å². The zero-order valence-electron chi connectivity index (χ0n) is 7.79. The van der Waals surface area contributed by atoms with Crippen molar-refractivity contribution in [3.05, 3.63) is 21.3 Å². The van der Waals surface area contributed by atoms with Crippen LogP contribution in [0.1, 0.15) is 9.67 Å². The van der Waals surface area contributed by atoms with Crippen LogP contribution in [-0.2, 0) is 9.47 Å². The molecule has 0 aromatic carbocycles. The number of carbonyl (C=O) groups excluding carboxylic acids is 1. The molecule has 0 radical (unpaired) electrons. The van der Waals surface area contributed by atoms with Gasteiger partial charge in [0.25, 0.3) is 0 Å². The van der Waals surface area contributed by atoms with Gasteiger partial charge in [-0.2, -0.15) is 0 Å². The van der Waals surface area contributed by atoms with Crippen molar-refractivity contribution in [2.24, 2.45) is 0 Å². The molecule has 1 aromatic rings. The van der Waals surface area contributed by atoms with Gasteiger partial charge in [0.15, 0.2) is 5.78 Å². The van der Waals surface area contributed by atoms with E-state index in [0.29, 0.717) is 22.4 Å². The number of hydrogen-bond donors (Lipinski definition) is 0. The van der Waals surface area contributed by atoms with E-state index in [9.17, 15) is 4.79 Å². The predicted octanol–water partition coefficient (Wildman–Crippen LogP) is 2.25. The van der Waals surface area contributed by atoms with Gasteiger partial charge in [0, 0.05) is 7.11 Å². The van der Waals surface area contributed by atoms with E-state index in [1.54, 1.807) is 19.2 Å². The number of Topliss-reactive ketones (excluding diaryl/α,β-unsaturated/α-hetero) is 1. The lowest BCUT2D eigenvalue weighted by atomic mass is 10.3. The monoisotopic (exact) mass is 234 g/mol. The van der Waals surface area contributed by atoms with Crippen molar-refractivity contribution >= 4 is 28.7 Å². The van der Waals surface area contributed by atoms with Gasteiger partial charge in [-0.3, -0.25) is 4.79 Å². The van der Waals surface area contributed by atoms with E-state index in [0.717, 1.165) is 0 Å². The number of hydrogen-bond acceptors (Lipinski definition) is 4. The molecule has 1 heterocycles. The fourth-order valence-corrected chi connectivity index (χ4v) is 1.81. The Kier molecular flexibility index (Phi) is 5.11. The smallest absolute Gasteiger partial charge is 0.198 e. The minimum Gasteiger partial charge on any atom is -0.382 e. The molecule has 0 atom stereocenters. The maximum absolute atomic E-state index is 11.4. The molecule has 3 nitrogen and oxygen atoms in total. The first kappa shape index (κ1) is 11.7. The molecule has 0 unspecified atom stereocenters. The summed E-state index contributed by atoms with van der Waals surface area (Å²) in [6, 6.07) is 3.41. The Morgan fingerprint density at radius 3 is 2.86 bits per heavy atom.